The van der Waals surface area contributed by atoms with Crippen molar-refractivity contribution in [2.24, 2.45) is 0 Å². The number of hydrogen-bond donors (Lipinski definition) is 1. The zero-order valence-electron chi connectivity index (χ0n) is 9.12. The predicted molar refractivity (Wildman–Crippen MR) is 64.9 cm³/mol. The molecule has 1 aromatic carbocycles. The van der Waals surface area contributed by atoms with Crippen LogP contribution in [0.25, 0.3) is 11.5 Å². The van der Waals surface area contributed by atoms with Gasteiger partial charge in [0, 0.05) is 4.47 Å². The van der Waals surface area contributed by atoms with Crippen molar-refractivity contribution in [1.82, 2.24) is 15.5 Å². The van der Waals surface area contributed by atoms with Gasteiger partial charge in [-0.3, -0.25) is 0 Å². The molecule has 16 heavy (non-hydrogen) atoms. The van der Waals surface area contributed by atoms with E-state index in [-0.39, 0.29) is 0 Å². The van der Waals surface area contributed by atoms with E-state index in [1.54, 1.807) is 0 Å². The summed E-state index contributed by atoms with van der Waals surface area (Å²) in [7, 11) is 1.85. The van der Waals surface area contributed by atoms with Crippen LogP contribution in [0.15, 0.2) is 27.2 Å². The Morgan fingerprint density at radius 3 is 2.94 bits per heavy atom. The molecule has 4 nitrogen and oxygen atoms in total. The second-order valence-corrected chi connectivity index (χ2v) is 4.38. The maximum Gasteiger partial charge on any atom is 0.259 e. The van der Waals surface area contributed by atoms with Crippen LogP contribution in [0, 0.1) is 6.92 Å². The quantitative estimate of drug-likeness (QED) is 0.939. The van der Waals surface area contributed by atoms with Crippen molar-refractivity contribution in [1.29, 1.82) is 0 Å². The van der Waals surface area contributed by atoms with Crippen LogP contribution in [0.3, 0.4) is 0 Å². The van der Waals surface area contributed by atoms with Gasteiger partial charge in [-0.2, -0.15) is 4.98 Å². The molecule has 0 fully saturated rings. The third kappa shape index (κ3) is 2.31. The topological polar surface area (TPSA) is 51.0 Å². The van der Waals surface area contributed by atoms with Crippen molar-refractivity contribution >= 4 is 15.9 Å². The molecule has 84 valence electrons. The van der Waals surface area contributed by atoms with Gasteiger partial charge in [0.1, 0.15) is 0 Å². The van der Waals surface area contributed by atoms with Crippen molar-refractivity contribution in [2.75, 3.05) is 7.05 Å². The molecular formula is C11H12BrN3O. The van der Waals surface area contributed by atoms with Gasteiger partial charge in [0.2, 0.25) is 0 Å². The van der Waals surface area contributed by atoms with Gasteiger partial charge in [-0.25, -0.2) is 0 Å². The number of nitrogens with one attached hydrogen (secondary N) is 1. The van der Waals surface area contributed by atoms with Gasteiger partial charge in [0.15, 0.2) is 5.82 Å². The van der Waals surface area contributed by atoms with Crippen LogP contribution < -0.4 is 5.32 Å². The lowest BCUT2D eigenvalue weighted by atomic mass is 10.1. The number of aryl methyl sites for hydroxylation is 1. The van der Waals surface area contributed by atoms with Crippen molar-refractivity contribution in [3.63, 3.8) is 0 Å². The van der Waals surface area contributed by atoms with Gasteiger partial charge in [0.05, 0.1) is 12.1 Å². The average Bonchev–Trinajstić information content (AvgIpc) is 2.67. The first kappa shape index (κ1) is 11.3. The largest absolute Gasteiger partial charge is 0.334 e. The summed E-state index contributed by atoms with van der Waals surface area (Å²) in [6, 6.07) is 6.01. The minimum Gasteiger partial charge on any atom is -0.334 e. The Bertz CT molecular complexity index is 496. The van der Waals surface area contributed by atoms with Crippen LogP contribution in [0.1, 0.15) is 11.4 Å². The third-order valence-corrected chi connectivity index (χ3v) is 2.81. The number of halogens is 1. The maximum atomic E-state index is 5.19. The summed E-state index contributed by atoms with van der Waals surface area (Å²) in [6.45, 7) is 2.64. The summed E-state index contributed by atoms with van der Waals surface area (Å²) in [5.41, 5.74) is 2.10. The fourth-order valence-electron chi connectivity index (χ4n) is 1.39. The molecule has 0 aliphatic rings. The van der Waals surface area contributed by atoms with Gasteiger partial charge >= 0.3 is 0 Å². The molecule has 0 amide bonds. The molecule has 0 radical (unpaired) electrons. The van der Waals surface area contributed by atoms with E-state index < -0.39 is 0 Å². The number of rotatable bonds is 3. The molecule has 1 aromatic heterocycles. The molecule has 0 atom stereocenters. The Morgan fingerprint density at radius 2 is 2.25 bits per heavy atom. The van der Waals surface area contributed by atoms with Crippen molar-refractivity contribution in [2.45, 2.75) is 13.5 Å². The molecule has 0 bridgehead atoms. The Balaban J connectivity index is 2.35. The lowest BCUT2D eigenvalue weighted by Crippen LogP contribution is -2.06. The van der Waals surface area contributed by atoms with Crippen molar-refractivity contribution in [3.05, 3.63) is 34.1 Å². The van der Waals surface area contributed by atoms with E-state index in [0.717, 1.165) is 10.0 Å². The predicted octanol–water partition coefficient (Wildman–Crippen LogP) is 2.53. The molecule has 0 saturated carbocycles. The van der Waals surface area contributed by atoms with Crippen LogP contribution in [0.5, 0.6) is 0 Å². The first-order valence-electron chi connectivity index (χ1n) is 4.94. The van der Waals surface area contributed by atoms with Gasteiger partial charge < -0.3 is 9.84 Å². The SMILES string of the molecule is CNCc1noc(-c2ccc(C)cc2Br)n1. The average molecular weight is 282 g/mol. The fraction of sp³-hybridized carbons (Fsp3) is 0.273. The Kier molecular flexibility index (Phi) is 3.36. The van der Waals surface area contributed by atoms with Crippen LogP contribution >= 0.6 is 15.9 Å². The van der Waals surface area contributed by atoms with E-state index in [4.69, 9.17) is 4.52 Å². The highest BCUT2D eigenvalue weighted by Crippen LogP contribution is 2.27. The zero-order chi connectivity index (χ0) is 11.5. The summed E-state index contributed by atoms with van der Waals surface area (Å²) in [5.74, 6) is 1.20. The molecule has 0 unspecified atom stereocenters. The standard InChI is InChI=1S/C11H12BrN3O/c1-7-3-4-8(9(12)5-7)11-14-10(6-13-2)15-16-11/h3-5,13H,6H2,1-2H3. The summed E-state index contributed by atoms with van der Waals surface area (Å²) < 4.78 is 6.16. The monoisotopic (exact) mass is 281 g/mol. The molecular weight excluding hydrogens is 270 g/mol. The number of nitrogens with zero attached hydrogens (tertiary/aromatic N) is 2. The van der Waals surface area contributed by atoms with E-state index >= 15 is 0 Å². The van der Waals surface area contributed by atoms with Crippen molar-refractivity contribution < 1.29 is 4.52 Å². The highest BCUT2D eigenvalue weighted by Gasteiger charge is 2.11. The number of benzene rings is 1. The Morgan fingerprint density at radius 1 is 1.44 bits per heavy atom. The van der Waals surface area contributed by atoms with E-state index in [9.17, 15) is 0 Å². The minimum atomic E-state index is 0.539. The molecule has 2 rings (SSSR count). The lowest BCUT2D eigenvalue weighted by Gasteiger charge is -1.99. The van der Waals surface area contributed by atoms with Crippen LogP contribution in [-0.2, 0) is 6.54 Å². The van der Waals surface area contributed by atoms with Crippen LogP contribution in [0.2, 0.25) is 0 Å². The first-order chi connectivity index (χ1) is 7.70. The number of hydrogen-bond acceptors (Lipinski definition) is 4. The van der Waals surface area contributed by atoms with Crippen LogP contribution in [0.4, 0.5) is 0 Å². The van der Waals surface area contributed by atoms with E-state index in [2.05, 4.69) is 31.4 Å². The Hall–Kier alpha value is -1.20. The van der Waals surface area contributed by atoms with Gasteiger partial charge in [-0.1, -0.05) is 11.2 Å². The number of aromatic nitrogens is 2. The van der Waals surface area contributed by atoms with E-state index in [0.29, 0.717) is 18.3 Å². The first-order valence-corrected chi connectivity index (χ1v) is 5.73. The lowest BCUT2D eigenvalue weighted by molar-refractivity contribution is 0.420. The minimum absolute atomic E-state index is 0.539. The summed E-state index contributed by atoms with van der Waals surface area (Å²) in [6.07, 6.45) is 0. The van der Waals surface area contributed by atoms with Crippen LogP contribution in [-0.4, -0.2) is 17.2 Å². The van der Waals surface area contributed by atoms with Gasteiger partial charge in [0.25, 0.3) is 5.89 Å². The van der Waals surface area contributed by atoms with Crippen molar-refractivity contribution in [3.8, 4) is 11.5 Å². The second kappa shape index (κ2) is 4.76. The van der Waals surface area contributed by atoms with E-state index in [1.165, 1.54) is 5.56 Å². The van der Waals surface area contributed by atoms with E-state index in [1.807, 2.05) is 32.2 Å². The molecule has 5 heteroatoms. The Labute approximate surface area is 102 Å². The van der Waals surface area contributed by atoms with Gasteiger partial charge in [-0.15, -0.1) is 0 Å². The summed E-state index contributed by atoms with van der Waals surface area (Å²) in [4.78, 5) is 4.29. The smallest absolute Gasteiger partial charge is 0.259 e. The van der Waals surface area contributed by atoms with Gasteiger partial charge in [-0.05, 0) is 47.6 Å². The molecule has 1 heterocycles. The normalized spacial score (nSPS) is 10.7. The third-order valence-electron chi connectivity index (χ3n) is 2.16. The highest BCUT2D eigenvalue weighted by molar-refractivity contribution is 9.10. The fourth-order valence-corrected chi connectivity index (χ4v) is 2.05. The summed E-state index contributed by atoms with van der Waals surface area (Å²) >= 11 is 3.49. The zero-order valence-corrected chi connectivity index (χ0v) is 10.7. The molecule has 2 aromatic rings. The molecule has 0 aliphatic carbocycles. The molecule has 1 N–H and O–H groups in total. The second-order valence-electron chi connectivity index (χ2n) is 3.53. The molecule has 0 saturated heterocycles. The maximum absolute atomic E-state index is 5.19. The highest BCUT2D eigenvalue weighted by atomic mass is 79.9. The molecule has 0 aliphatic heterocycles. The molecule has 0 spiro atoms. The summed E-state index contributed by atoms with van der Waals surface area (Å²) in [5, 5.41) is 6.85.